The summed E-state index contributed by atoms with van der Waals surface area (Å²) < 4.78 is 16.2. The van der Waals surface area contributed by atoms with Crippen molar-refractivity contribution in [3.05, 3.63) is 59.7 Å². The lowest BCUT2D eigenvalue weighted by atomic mass is 10.2. The first-order chi connectivity index (χ1) is 11.6. The van der Waals surface area contributed by atoms with Gasteiger partial charge in [-0.3, -0.25) is 4.79 Å². The Kier molecular flexibility index (Phi) is 4.37. The van der Waals surface area contributed by atoms with Gasteiger partial charge in [-0.2, -0.15) is 5.01 Å². The molecule has 0 N–H and O–H groups in total. The standard InChI is InChI=1S/C18H18N2O4/c1-12(21)20-18(14-6-10-16(23-3)11-7-14)24-17(19-20)13-4-8-15(22-2)9-5-13/h4-11,18H,1-3H3. The fourth-order valence-electron chi connectivity index (χ4n) is 2.40. The number of hydrazone groups is 1. The smallest absolute Gasteiger partial charge is 0.243 e. The molecule has 1 atom stereocenters. The van der Waals surface area contributed by atoms with E-state index in [2.05, 4.69) is 5.10 Å². The second kappa shape index (κ2) is 6.62. The number of ether oxygens (including phenoxy) is 3. The molecular weight excluding hydrogens is 308 g/mol. The van der Waals surface area contributed by atoms with Crippen molar-refractivity contribution in [2.75, 3.05) is 14.2 Å². The second-order valence-electron chi connectivity index (χ2n) is 5.24. The van der Waals surface area contributed by atoms with Gasteiger partial charge in [0.15, 0.2) is 0 Å². The molecule has 6 heteroatoms. The van der Waals surface area contributed by atoms with Gasteiger partial charge in [-0.1, -0.05) is 0 Å². The van der Waals surface area contributed by atoms with Gasteiger partial charge in [0.25, 0.3) is 0 Å². The van der Waals surface area contributed by atoms with Gasteiger partial charge in [0.1, 0.15) is 11.5 Å². The lowest BCUT2D eigenvalue weighted by Gasteiger charge is -2.19. The highest BCUT2D eigenvalue weighted by molar-refractivity contribution is 5.96. The Balaban J connectivity index is 1.88. The maximum atomic E-state index is 11.9. The largest absolute Gasteiger partial charge is 0.497 e. The van der Waals surface area contributed by atoms with E-state index < -0.39 is 6.23 Å². The molecule has 1 heterocycles. The molecule has 0 aliphatic carbocycles. The summed E-state index contributed by atoms with van der Waals surface area (Å²) in [4.78, 5) is 11.9. The zero-order chi connectivity index (χ0) is 17.1. The SMILES string of the molecule is COc1ccc(C2=NN(C(C)=O)C(c3ccc(OC)cc3)O2)cc1. The fourth-order valence-corrected chi connectivity index (χ4v) is 2.40. The Morgan fingerprint density at radius 3 is 2.04 bits per heavy atom. The highest BCUT2D eigenvalue weighted by Gasteiger charge is 2.33. The van der Waals surface area contributed by atoms with Gasteiger partial charge in [-0.25, -0.2) is 0 Å². The van der Waals surface area contributed by atoms with Crippen molar-refractivity contribution in [3.8, 4) is 11.5 Å². The summed E-state index contributed by atoms with van der Waals surface area (Å²) >= 11 is 0. The molecule has 124 valence electrons. The van der Waals surface area contributed by atoms with Crippen molar-refractivity contribution in [1.29, 1.82) is 0 Å². The Hall–Kier alpha value is -3.02. The lowest BCUT2D eigenvalue weighted by Crippen LogP contribution is -2.25. The van der Waals surface area contributed by atoms with Crippen LogP contribution in [0.15, 0.2) is 53.6 Å². The Morgan fingerprint density at radius 2 is 1.54 bits per heavy atom. The van der Waals surface area contributed by atoms with Crippen LogP contribution in [0.4, 0.5) is 0 Å². The molecule has 0 saturated carbocycles. The molecule has 0 fully saturated rings. The molecule has 3 rings (SSSR count). The topological polar surface area (TPSA) is 60.4 Å². The molecule has 1 aliphatic rings. The third-order valence-electron chi connectivity index (χ3n) is 3.70. The first-order valence-corrected chi connectivity index (χ1v) is 7.46. The minimum atomic E-state index is -0.592. The summed E-state index contributed by atoms with van der Waals surface area (Å²) in [6, 6.07) is 14.7. The average Bonchev–Trinajstić information content (AvgIpc) is 3.07. The van der Waals surface area contributed by atoms with Crippen LogP contribution in [0.3, 0.4) is 0 Å². The summed E-state index contributed by atoms with van der Waals surface area (Å²) in [5.74, 6) is 1.68. The van der Waals surface area contributed by atoms with E-state index in [0.717, 1.165) is 22.6 Å². The van der Waals surface area contributed by atoms with Crippen LogP contribution in [-0.4, -0.2) is 31.0 Å². The fraction of sp³-hybridized carbons (Fsp3) is 0.222. The molecule has 24 heavy (non-hydrogen) atoms. The van der Waals surface area contributed by atoms with Crippen molar-refractivity contribution < 1.29 is 19.0 Å². The lowest BCUT2D eigenvalue weighted by molar-refractivity contribution is -0.135. The molecular formula is C18H18N2O4. The van der Waals surface area contributed by atoms with Crippen LogP contribution in [0.1, 0.15) is 24.3 Å². The van der Waals surface area contributed by atoms with Crippen LogP contribution in [0, 0.1) is 0 Å². The number of carbonyl (C=O) groups is 1. The monoisotopic (exact) mass is 326 g/mol. The molecule has 0 aromatic heterocycles. The van der Waals surface area contributed by atoms with Crippen molar-refractivity contribution in [2.24, 2.45) is 5.10 Å². The highest BCUT2D eigenvalue weighted by Crippen LogP contribution is 2.31. The van der Waals surface area contributed by atoms with E-state index in [9.17, 15) is 4.79 Å². The van der Waals surface area contributed by atoms with Crippen LogP contribution < -0.4 is 9.47 Å². The number of methoxy groups -OCH3 is 2. The van der Waals surface area contributed by atoms with Gasteiger partial charge in [0.2, 0.25) is 18.0 Å². The Morgan fingerprint density at radius 1 is 1.00 bits per heavy atom. The Labute approximate surface area is 140 Å². The molecule has 2 aromatic rings. The van der Waals surface area contributed by atoms with E-state index in [4.69, 9.17) is 14.2 Å². The van der Waals surface area contributed by atoms with Gasteiger partial charge in [0.05, 0.1) is 14.2 Å². The maximum Gasteiger partial charge on any atom is 0.243 e. The first kappa shape index (κ1) is 15.9. The predicted molar refractivity (Wildman–Crippen MR) is 88.9 cm³/mol. The summed E-state index contributed by atoms with van der Waals surface area (Å²) in [5, 5.41) is 5.65. The number of hydrogen-bond donors (Lipinski definition) is 0. The van der Waals surface area contributed by atoms with E-state index in [1.807, 2.05) is 48.5 Å². The van der Waals surface area contributed by atoms with Crippen LogP contribution in [0.25, 0.3) is 0 Å². The van der Waals surface area contributed by atoms with Gasteiger partial charge in [0, 0.05) is 18.1 Å². The number of carbonyl (C=O) groups excluding carboxylic acids is 1. The molecule has 6 nitrogen and oxygen atoms in total. The van der Waals surface area contributed by atoms with Crippen LogP contribution in [0.5, 0.6) is 11.5 Å². The summed E-state index contributed by atoms with van der Waals surface area (Å²) in [5.41, 5.74) is 1.59. The quantitative estimate of drug-likeness (QED) is 0.867. The minimum Gasteiger partial charge on any atom is -0.497 e. The Bertz CT molecular complexity index is 754. The van der Waals surface area contributed by atoms with E-state index in [-0.39, 0.29) is 5.91 Å². The number of hydrogen-bond acceptors (Lipinski definition) is 5. The summed E-state index contributed by atoms with van der Waals surface area (Å²) in [7, 11) is 3.21. The number of benzene rings is 2. The summed E-state index contributed by atoms with van der Waals surface area (Å²) in [6.07, 6.45) is -0.592. The van der Waals surface area contributed by atoms with Crippen LogP contribution in [-0.2, 0) is 9.53 Å². The van der Waals surface area contributed by atoms with E-state index in [1.54, 1.807) is 14.2 Å². The van der Waals surface area contributed by atoms with Crippen LogP contribution >= 0.6 is 0 Å². The van der Waals surface area contributed by atoms with Gasteiger partial charge in [-0.15, -0.1) is 5.10 Å². The van der Waals surface area contributed by atoms with Crippen LogP contribution in [0.2, 0.25) is 0 Å². The van der Waals surface area contributed by atoms with Gasteiger partial charge >= 0.3 is 0 Å². The van der Waals surface area contributed by atoms with Crippen molar-refractivity contribution in [2.45, 2.75) is 13.2 Å². The average molecular weight is 326 g/mol. The molecule has 1 aliphatic heterocycles. The van der Waals surface area contributed by atoms with Gasteiger partial charge in [-0.05, 0) is 48.5 Å². The second-order valence-corrected chi connectivity index (χ2v) is 5.24. The van der Waals surface area contributed by atoms with E-state index in [1.165, 1.54) is 11.9 Å². The molecule has 1 unspecified atom stereocenters. The summed E-state index contributed by atoms with van der Waals surface area (Å²) in [6.45, 7) is 1.46. The number of amides is 1. The zero-order valence-electron chi connectivity index (χ0n) is 13.7. The van der Waals surface area contributed by atoms with E-state index in [0.29, 0.717) is 5.90 Å². The molecule has 2 aromatic carbocycles. The molecule has 1 amide bonds. The van der Waals surface area contributed by atoms with E-state index >= 15 is 0 Å². The molecule has 0 bridgehead atoms. The predicted octanol–water partition coefficient (Wildman–Crippen LogP) is 2.94. The van der Waals surface area contributed by atoms with Gasteiger partial charge < -0.3 is 14.2 Å². The van der Waals surface area contributed by atoms with Crippen molar-refractivity contribution in [3.63, 3.8) is 0 Å². The third-order valence-corrected chi connectivity index (χ3v) is 3.70. The first-order valence-electron chi connectivity index (χ1n) is 7.46. The highest BCUT2D eigenvalue weighted by atomic mass is 16.5. The third kappa shape index (κ3) is 3.03. The number of rotatable bonds is 4. The van der Waals surface area contributed by atoms with Crippen molar-refractivity contribution >= 4 is 11.8 Å². The maximum absolute atomic E-state index is 11.9. The normalized spacial score (nSPS) is 16.4. The molecule has 0 saturated heterocycles. The zero-order valence-corrected chi connectivity index (χ0v) is 13.7. The van der Waals surface area contributed by atoms with Crippen molar-refractivity contribution in [1.82, 2.24) is 5.01 Å². The molecule has 0 radical (unpaired) electrons. The minimum absolute atomic E-state index is 0.195. The number of nitrogens with zero attached hydrogens (tertiary/aromatic N) is 2. The molecule has 0 spiro atoms.